The van der Waals surface area contributed by atoms with E-state index >= 15 is 4.79 Å². The van der Waals surface area contributed by atoms with Crippen molar-refractivity contribution in [2.75, 3.05) is 48.1 Å². The van der Waals surface area contributed by atoms with Gasteiger partial charge in [0, 0.05) is 47.5 Å². The van der Waals surface area contributed by atoms with Gasteiger partial charge in [0.15, 0.2) is 11.5 Å². The Labute approximate surface area is 349 Å². The monoisotopic (exact) mass is 831 g/mol. The van der Waals surface area contributed by atoms with Gasteiger partial charge < -0.3 is 19.5 Å². The second-order valence-electron chi connectivity index (χ2n) is 16.4. The number of morpholine rings is 1. The Hall–Kier alpha value is -5.50. The summed E-state index contributed by atoms with van der Waals surface area (Å²) in [6.45, 7) is 6.63. The number of carbonyl (C=O) groups excluding carboxylic acids is 4. The highest BCUT2D eigenvalue weighted by molar-refractivity contribution is 7.22. The summed E-state index contributed by atoms with van der Waals surface area (Å²) in [5.74, 6) is -4.25. The molecule has 4 amide bonds. The van der Waals surface area contributed by atoms with Crippen molar-refractivity contribution in [3.05, 3.63) is 94.5 Å². The number of anilines is 3. The van der Waals surface area contributed by atoms with Crippen LogP contribution in [0.2, 0.25) is 5.02 Å². The number of ether oxygens (including phenoxy) is 2. The normalized spacial score (nSPS) is 26.7. The van der Waals surface area contributed by atoms with Crippen molar-refractivity contribution in [2.45, 2.75) is 32.6 Å². The van der Waals surface area contributed by atoms with Crippen molar-refractivity contribution in [3.8, 4) is 22.1 Å². The highest BCUT2D eigenvalue weighted by Gasteiger charge is 2.68. The molecule has 4 fully saturated rings. The molecular formula is C45H42ClN5O7S. The molecule has 59 heavy (non-hydrogen) atoms. The fourth-order valence-corrected chi connectivity index (χ4v) is 11.9. The zero-order valence-corrected chi connectivity index (χ0v) is 34.5. The number of methoxy groups -OCH3 is 1. The van der Waals surface area contributed by atoms with Gasteiger partial charge in [-0.05, 0) is 104 Å². The number of phenolic OH excluding ortho intramolecular Hbond substituents is 1. The van der Waals surface area contributed by atoms with Crippen LogP contribution in [0.5, 0.6) is 11.5 Å². The molecule has 5 aliphatic rings. The molecule has 0 unspecified atom stereocenters. The second kappa shape index (κ2) is 13.8. The number of nitrogens with zero attached hydrogens (tertiary/aromatic N) is 5. The van der Waals surface area contributed by atoms with Crippen LogP contribution in [0.4, 0.5) is 17.2 Å². The van der Waals surface area contributed by atoms with E-state index in [1.807, 2.05) is 68.5 Å². The molecule has 12 nitrogen and oxygen atoms in total. The topological polar surface area (TPSA) is 135 Å². The van der Waals surface area contributed by atoms with E-state index in [4.69, 9.17) is 26.2 Å². The average molecular weight is 832 g/mol. The number of aryl methyl sites for hydroxylation is 2. The van der Waals surface area contributed by atoms with Gasteiger partial charge in [-0.3, -0.25) is 28.8 Å². The number of aromatic hydroxyl groups is 1. The van der Waals surface area contributed by atoms with Crippen LogP contribution in [0.1, 0.15) is 36.8 Å². The Morgan fingerprint density at radius 1 is 0.915 bits per heavy atom. The number of phenols is 1. The van der Waals surface area contributed by atoms with Gasteiger partial charge in [-0.25, -0.2) is 4.90 Å². The van der Waals surface area contributed by atoms with E-state index in [2.05, 4.69) is 4.90 Å². The standard InChI is InChI=1S/C45H42ClN5O7S/c1-23-30-20-25(46)6-14-36(30)59-40(23)33-22-37(48(3)47-33)51-42(54)32-21-31-28(39(45(32,2)44(51)56)24-5-13-35(57-4)34(52)19-24)11-12-29-38(31)43(55)50(41(29)53)27-9-7-26(8-10-27)49-15-17-58-18-16-49/h5-11,13-14,19-20,22,29,31-32,38-39,52H,12,15-18,21H2,1-4H3/t29-,31+,32-,38-,39-,45+/m0/s1. The average Bonchev–Trinajstić information content (AvgIpc) is 3.91. The first-order chi connectivity index (χ1) is 28.4. The van der Waals surface area contributed by atoms with Gasteiger partial charge in [-0.15, -0.1) is 11.3 Å². The summed E-state index contributed by atoms with van der Waals surface area (Å²) in [7, 11) is 3.19. The predicted octanol–water partition coefficient (Wildman–Crippen LogP) is 7.25. The molecule has 6 atom stereocenters. The van der Waals surface area contributed by atoms with Crippen LogP contribution in [-0.2, 0) is 31.0 Å². The Morgan fingerprint density at radius 2 is 1.66 bits per heavy atom. The molecule has 302 valence electrons. The molecule has 2 aliphatic carbocycles. The van der Waals surface area contributed by atoms with Crippen LogP contribution in [0, 0.1) is 36.0 Å². The Bertz CT molecular complexity index is 2650. The minimum atomic E-state index is -1.30. The van der Waals surface area contributed by atoms with E-state index in [0.717, 1.165) is 44.9 Å². The van der Waals surface area contributed by atoms with E-state index in [-0.39, 0.29) is 41.5 Å². The number of fused-ring (bicyclic) bond motifs is 5. The Balaban J connectivity index is 1.04. The van der Waals surface area contributed by atoms with Gasteiger partial charge in [-0.2, -0.15) is 5.10 Å². The van der Waals surface area contributed by atoms with Crippen molar-refractivity contribution in [1.29, 1.82) is 0 Å². The van der Waals surface area contributed by atoms with Crippen LogP contribution < -0.4 is 19.4 Å². The van der Waals surface area contributed by atoms with Crippen LogP contribution in [0.15, 0.2) is 78.4 Å². The third-order valence-electron chi connectivity index (χ3n) is 13.5. The molecule has 3 saturated heterocycles. The van der Waals surface area contributed by atoms with Crippen molar-refractivity contribution in [2.24, 2.45) is 36.1 Å². The quantitative estimate of drug-likeness (QED) is 0.139. The Kier molecular flexibility index (Phi) is 8.82. The smallest absolute Gasteiger partial charge is 0.242 e. The Morgan fingerprint density at radius 3 is 2.39 bits per heavy atom. The number of hydrogen-bond donors (Lipinski definition) is 1. The second-order valence-corrected chi connectivity index (χ2v) is 17.9. The van der Waals surface area contributed by atoms with E-state index in [9.17, 15) is 19.5 Å². The molecule has 0 bridgehead atoms. The number of imide groups is 2. The fraction of sp³-hybridized carbons (Fsp3) is 0.356. The molecule has 2 aromatic heterocycles. The number of thiophene rings is 1. The minimum absolute atomic E-state index is 0.106. The van der Waals surface area contributed by atoms with Gasteiger partial charge in [0.25, 0.3) is 0 Å². The van der Waals surface area contributed by atoms with Crippen molar-refractivity contribution >= 4 is 73.8 Å². The number of hydrogen-bond acceptors (Lipinski definition) is 10. The van der Waals surface area contributed by atoms with Crippen molar-refractivity contribution in [1.82, 2.24) is 9.78 Å². The fourth-order valence-electron chi connectivity index (χ4n) is 10.6. The first-order valence-corrected chi connectivity index (χ1v) is 21.1. The number of amides is 4. The lowest BCUT2D eigenvalue weighted by atomic mass is 9.51. The molecule has 3 aromatic carbocycles. The molecule has 3 aliphatic heterocycles. The maximum absolute atomic E-state index is 15.2. The van der Waals surface area contributed by atoms with E-state index in [0.29, 0.717) is 47.4 Å². The first kappa shape index (κ1) is 37.7. The zero-order valence-electron chi connectivity index (χ0n) is 33.0. The summed E-state index contributed by atoms with van der Waals surface area (Å²) in [5.41, 5.74) is 3.27. The summed E-state index contributed by atoms with van der Waals surface area (Å²) in [6.07, 6.45) is 2.51. The highest BCUT2D eigenvalue weighted by atomic mass is 35.5. The van der Waals surface area contributed by atoms with Gasteiger partial charge in [0.05, 0.1) is 54.1 Å². The highest BCUT2D eigenvalue weighted by Crippen LogP contribution is 2.64. The molecule has 1 saturated carbocycles. The van der Waals surface area contributed by atoms with Crippen molar-refractivity contribution in [3.63, 3.8) is 0 Å². The molecule has 5 heterocycles. The van der Waals surface area contributed by atoms with Gasteiger partial charge >= 0.3 is 0 Å². The summed E-state index contributed by atoms with van der Waals surface area (Å²) in [6, 6.07) is 20.1. The van der Waals surface area contributed by atoms with E-state index < -0.39 is 35.0 Å². The largest absolute Gasteiger partial charge is 0.504 e. The van der Waals surface area contributed by atoms with Gasteiger partial charge in [-0.1, -0.05) is 29.3 Å². The zero-order chi connectivity index (χ0) is 41.1. The van der Waals surface area contributed by atoms with Crippen molar-refractivity contribution < 1.29 is 33.8 Å². The minimum Gasteiger partial charge on any atom is -0.504 e. The third-order valence-corrected chi connectivity index (χ3v) is 15.0. The lowest BCUT2D eigenvalue weighted by molar-refractivity contribution is -0.131. The van der Waals surface area contributed by atoms with E-state index in [1.165, 1.54) is 16.9 Å². The first-order valence-electron chi connectivity index (χ1n) is 19.9. The lowest BCUT2D eigenvalue weighted by Gasteiger charge is -2.49. The van der Waals surface area contributed by atoms with E-state index in [1.54, 1.807) is 41.3 Å². The number of carbonyl (C=O) groups is 4. The lowest BCUT2D eigenvalue weighted by Crippen LogP contribution is -2.48. The number of allylic oxidation sites excluding steroid dienone is 2. The van der Waals surface area contributed by atoms with Crippen LogP contribution in [-0.4, -0.2) is 71.9 Å². The number of benzene rings is 3. The number of halogens is 1. The molecule has 1 N–H and O–H groups in total. The SMILES string of the molecule is COc1ccc([C@H]2C3=CC[C@@H]4C(=O)N(c5ccc(N6CCOCC6)cc5)C(=O)[C@@H]4[C@@H]3C[C@H]3C(=O)N(c4cc(-c5sc6ccc(Cl)cc6c5C)nn4C)C(=O)[C@@]23C)cc1O. The third kappa shape index (κ3) is 5.54. The predicted molar refractivity (Wildman–Crippen MR) is 225 cm³/mol. The van der Waals surface area contributed by atoms with Crippen LogP contribution in [0.25, 0.3) is 20.7 Å². The maximum atomic E-state index is 15.2. The van der Waals surface area contributed by atoms with Crippen LogP contribution >= 0.6 is 22.9 Å². The summed E-state index contributed by atoms with van der Waals surface area (Å²) in [5, 5.41) is 17.5. The van der Waals surface area contributed by atoms with Crippen LogP contribution in [0.3, 0.4) is 0 Å². The molecule has 14 heteroatoms. The number of aromatic nitrogens is 2. The molecule has 5 aromatic rings. The summed E-state index contributed by atoms with van der Waals surface area (Å²) >= 11 is 7.91. The number of rotatable bonds is 6. The summed E-state index contributed by atoms with van der Waals surface area (Å²) in [4.78, 5) is 64.8. The van der Waals surface area contributed by atoms with Gasteiger partial charge in [0.2, 0.25) is 23.6 Å². The molecule has 10 rings (SSSR count). The molecule has 0 spiro atoms. The molecule has 0 radical (unpaired) electrons. The van der Waals surface area contributed by atoms with Gasteiger partial charge in [0.1, 0.15) is 11.5 Å². The maximum Gasteiger partial charge on any atom is 0.242 e. The summed E-state index contributed by atoms with van der Waals surface area (Å²) < 4.78 is 13.5. The molecular weight excluding hydrogens is 790 g/mol.